The van der Waals surface area contributed by atoms with Crippen LogP contribution in [0.25, 0.3) is 0 Å². The molecule has 0 spiro atoms. The number of methoxy groups -OCH3 is 1. The molecule has 0 unspecified atom stereocenters. The minimum absolute atomic E-state index is 0.0627. The quantitative estimate of drug-likeness (QED) is 0.712. The van der Waals surface area contributed by atoms with Crippen LogP contribution in [0.3, 0.4) is 0 Å². The molecule has 1 saturated heterocycles. The Kier molecular flexibility index (Phi) is 5.10. The van der Waals surface area contributed by atoms with E-state index >= 15 is 0 Å². The Bertz CT molecular complexity index is 311. The first-order valence-corrected chi connectivity index (χ1v) is 6.15. The summed E-state index contributed by atoms with van der Waals surface area (Å²) in [5.41, 5.74) is 5.22. The highest BCUT2D eigenvalue weighted by atomic mass is 16.5. The lowest BCUT2D eigenvalue weighted by atomic mass is 9.89. The van der Waals surface area contributed by atoms with Crippen molar-refractivity contribution in [3.63, 3.8) is 0 Å². The van der Waals surface area contributed by atoms with Gasteiger partial charge >= 0.3 is 5.97 Å². The standard InChI is InChI=1S/C12H22N2O4/c1-9(2)14(8-10(15)17-3)11(16)12(13)4-6-18-7-5-12/h9H,4-8,13H2,1-3H3. The molecule has 1 rings (SSSR count). The molecule has 1 heterocycles. The average Bonchev–Trinajstić information content (AvgIpc) is 2.35. The predicted octanol–water partition coefficient (Wildman–Crippen LogP) is -0.0957. The minimum atomic E-state index is -0.920. The summed E-state index contributed by atoms with van der Waals surface area (Å²) in [6.07, 6.45) is 0.965. The first kappa shape index (κ1) is 14.9. The lowest BCUT2D eigenvalue weighted by molar-refractivity contribution is -0.152. The van der Waals surface area contributed by atoms with Crippen LogP contribution in [0.1, 0.15) is 26.7 Å². The molecular formula is C12H22N2O4. The van der Waals surface area contributed by atoms with Crippen molar-refractivity contribution in [2.75, 3.05) is 26.9 Å². The second-order valence-electron chi connectivity index (χ2n) is 4.87. The molecule has 6 nitrogen and oxygen atoms in total. The van der Waals surface area contributed by atoms with Crippen molar-refractivity contribution in [3.05, 3.63) is 0 Å². The van der Waals surface area contributed by atoms with Crippen LogP contribution >= 0.6 is 0 Å². The maximum Gasteiger partial charge on any atom is 0.325 e. The molecule has 0 radical (unpaired) electrons. The monoisotopic (exact) mass is 258 g/mol. The van der Waals surface area contributed by atoms with Crippen LogP contribution in [-0.2, 0) is 19.1 Å². The maximum atomic E-state index is 12.5. The van der Waals surface area contributed by atoms with Crippen LogP contribution in [0, 0.1) is 0 Å². The van der Waals surface area contributed by atoms with Crippen molar-refractivity contribution in [1.29, 1.82) is 0 Å². The van der Waals surface area contributed by atoms with Gasteiger partial charge in [0, 0.05) is 19.3 Å². The van der Waals surface area contributed by atoms with Gasteiger partial charge in [-0.3, -0.25) is 9.59 Å². The summed E-state index contributed by atoms with van der Waals surface area (Å²) in [6, 6.07) is -0.0973. The molecule has 1 aliphatic rings. The third kappa shape index (κ3) is 3.43. The second kappa shape index (κ2) is 6.15. The van der Waals surface area contributed by atoms with Gasteiger partial charge < -0.3 is 20.1 Å². The minimum Gasteiger partial charge on any atom is -0.468 e. The highest BCUT2D eigenvalue weighted by Gasteiger charge is 2.40. The Morgan fingerprint density at radius 2 is 1.94 bits per heavy atom. The van der Waals surface area contributed by atoms with Crippen LogP contribution in [-0.4, -0.2) is 55.2 Å². The van der Waals surface area contributed by atoms with E-state index in [1.807, 2.05) is 13.8 Å². The summed E-state index contributed by atoms with van der Waals surface area (Å²) in [6.45, 7) is 4.60. The van der Waals surface area contributed by atoms with Crippen molar-refractivity contribution >= 4 is 11.9 Å². The lowest BCUT2D eigenvalue weighted by Gasteiger charge is -2.38. The summed E-state index contributed by atoms with van der Waals surface area (Å²) in [4.78, 5) is 25.3. The third-order valence-corrected chi connectivity index (χ3v) is 3.22. The summed E-state index contributed by atoms with van der Waals surface area (Å²) in [7, 11) is 1.30. The Hall–Kier alpha value is -1.14. The van der Waals surface area contributed by atoms with Gasteiger partial charge in [0.15, 0.2) is 0 Å². The van der Waals surface area contributed by atoms with Crippen molar-refractivity contribution in [3.8, 4) is 0 Å². The number of carbonyl (C=O) groups is 2. The van der Waals surface area contributed by atoms with Gasteiger partial charge in [-0.15, -0.1) is 0 Å². The van der Waals surface area contributed by atoms with E-state index in [1.165, 1.54) is 12.0 Å². The molecule has 1 aliphatic heterocycles. The van der Waals surface area contributed by atoms with Gasteiger partial charge in [0.25, 0.3) is 0 Å². The van der Waals surface area contributed by atoms with E-state index in [0.29, 0.717) is 26.1 Å². The topological polar surface area (TPSA) is 81.9 Å². The number of rotatable bonds is 4. The molecule has 0 aromatic heterocycles. The fraction of sp³-hybridized carbons (Fsp3) is 0.833. The van der Waals surface area contributed by atoms with Crippen molar-refractivity contribution < 1.29 is 19.1 Å². The van der Waals surface area contributed by atoms with E-state index in [2.05, 4.69) is 4.74 Å². The van der Waals surface area contributed by atoms with Crippen LogP contribution in [0.5, 0.6) is 0 Å². The molecule has 1 fully saturated rings. The Balaban J connectivity index is 2.78. The predicted molar refractivity (Wildman–Crippen MR) is 65.8 cm³/mol. The van der Waals surface area contributed by atoms with E-state index in [-0.39, 0.29) is 18.5 Å². The number of hydrogen-bond acceptors (Lipinski definition) is 5. The zero-order chi connectivity index (χ0) is 13.8. The molecule has 2 N–H and O–H groups in total. The molecule has 1 amide bonds. The molecule has 0 bridgehead atoms. The smallest absolute Gasteiger partial charge is 0.325 e. The molecule has 104 valence electrons. The molecule has 18 heavy (non-hydrogen) atoms. The van der Waals surface area contributed by atoms with Gasteiger partial charge in [-0.05, 0) is 26.7 Å². The Labute approximate surface area is 107 Å². The van der Waals surface area contributed by atoms with Crippen LogP contribution in [0.2, 0.25) is 0 Å². The maximum absolute atomic E-state index is 12.5. The van der Waals surface area contributed by atoms with Gasteiger partial charge in [0.05, 0.1) is 12.6 Å². The van der Waals surface area contributed by atoms with E-state index in [9.17, 15) is 9.59 Å². The molecule has 6 heteroatoms. The number of ether oxygens (including phenoxy) is 2. The Morgan fingerprint density at radius 1 is 1.39 bits per heavy atom. The number of nitrogens with two attached hydrogens (primary N) is 1. The first-order chi connectivity index (χ1) is 8.40. The zero-order valence-corrected chi connectivity index (χ0v) is 11.3. The van der Waals surface area contributed by atoms with Gasteiger partial charge in [-0.1, -0.05) is 0 Å². The fourth-order valence-electron chi connectivity index (χ4n) is 1.93. The summed E-state index contributed by atoms with van der Waals surface area (Å²) >= 11 is 0. The molecule has 0 aliphatic carbocycles. The molecule has 0 aromatic rings. The van der Waals surface area contributed by atoms with Crippen molar-refractivity contribution in [1.82, 2.24) is 4.90 Å². The first-order valence-electron chi connectivity index (χ1n) is 6.15. The summed E-state index contributed by atoms with van der Waals surface area (Å²) in [5, 5.41) is 0. The average molecular weight is 258 g/mol. The van der Waals surface area contributed by atoms with Crippen LogP contribution in [0.15, 0.2) is 0 Å². The highest BCUT2D eigenvalue weighted by Crippen LogP contribution is 2.21. The summed E-state index contributed by atoms with van der Waals surface area (Å²) in [5.74, 6) is -0.640. The molecular weight excluding hydrogens is 236 g/mol. The molecule has 0 atom stereocenters. The van der Waals surface area contributed by atoms with Crippen LogP contribution < -0.4 is 5.73 Å². The molecule has 0 saturated carbocycles. The third-order valence-electron chi connectivity index (χ3n) is 3.22. The van der Waals surface area contributed by atoms with Gasteiger partial charge in [-0.25, -0.2) is 0 Å². The number of esters is 1. The number of nitrogens with zero attached hydrogens (tertiary/aromatic N) is 1. The van der Waals surface area contributed by atoms with Crippen molar-refractivity contribution in [2.24, 2.45) is 5.73 Å². The van der Waals surface area contributed by atoms with E-state index in [1.54, 1.807) is 0 Å². The van der Waals surface area contributed by atoms with E-state index < -0.39 is 11.5 Å². The number of amides is 1. The summed E-state index contributed by atoms with van der Waals surface area (Å²) < 4.78 is 9.82. The normalized spacial score (nSPS) is 18.5. The van der Waals surface area contributed by atoms with Gasteiger partial charge in [-0.2, -0.15) is 0 Å². The van der Waals surface area contributed by atoms with E-state index in [0.717, 1.165) is 0 Å². The number of carbonyl (C=O) groups excluding carboxylic acids is 2. The largest absolute Gasteiger partial charge is 0.468 e. The Morgan fingerprint density at radius 3 is 2.39 bits per heavy atom. The van der Waals surface area contributed by atoms with E-state index in [4.69, 9.17) is 10.5 Å². The second-order valence-corrected chi connectivity index (χ2v) is 4.87. The number of hydrogen-bond donors (Lipinski definition) is 1. The van der Waals surface area contributed by atoms with Gasteiger partial charge in [0.2, 0.25) is 5.91 Å². The fourth-order valence-corrected chi connectivity index (χ4v) is 1.93. The highest BCUT2D eigenvalue weighted by molar-refractivity contribution is 5.89. The molecule has 0 aromatic carbocycles. The lowest BCUT2D eigenvalue weighted by Crippen LogP contribution is -2.60. The SMILES string of the molecule is COC(=O)CN(C(=O)C1(N)CCOCC1)C(C)C. The zero-order valence-electron chi connectivity index (χ0n) is 11.3. The van der Waals surface area contributed by atoms with Gasteiger partial charge in [0.1, 0.15) is 6.54 Å². The van der Waals surface area contributed by atoms with Crippen molar-refractivity contribution in [2.45, 2.75) is 38.3 Å². The van der Waals surface area contributed by atoms with Crippen LogP contribution in [0.4, 0.5) is 0 Å².